The van der Waals surface area contributed by atoms with Gasteiger partial charge < -0.3 is 4.74 Å². The molecule has 0 spiro atoms. The quantitative estimate of drug-likeness (QED) is 0.811. The molecule has 1 aromatic carbocycles. The van der Waals surface area contributed by atoms with Gasteiger partial charge in [-0.25, -0.2) is 13.1 Å². The Kier molecular flexibility index (Phi) is 5.58. The van der Waals surface area contributed by atoms with Crippen LogP contribution in [0.5, 0.6) is 0 Å². The average molecular weight is 322 g/mol. The third-order valence-corrected chi connectivity index (χ3v) is 4.20. The molecule has 1 unspecified atom stereocenters. The zero-order valence-electron chi connectivity index (χ0n) is 9.81. The molecule has 0 aliphatic carbocycles. The van der Waals surface area contributed by atoms with Gasteiger partial charge in [0.25, 0.3) is 0 Å². The van der Waals surface area contributed by atoms with Gasteiger partial charge in [0.1, 0.15) is 0 Å². The van der Waals surface area contributed by atoms with Crippen molar-refractivity contribution in [2.24, 2.45) is 0 Å². The molecular weight excluding hydrogens is 306 g/mol. The largest absolute Gasteiger partial charge is 0.383 e. The van der Waals surface area contributed by atoms with Crippen molar-refractivity contribution in [3.8, 4) is 0 Å². The number of benzene rings is 1. The van der Waals surface area contributed by atoms with Crippen LogP contribution in [0.25, 0.3) is 0 Å². The number of nitrogens with one attached hydrogen (secondary N) is 1. The van der Waals surface area contributed by atoms with E-state index in [2.05, 4.69) is 20.7 Å². The number of hydrogen-bond acceptors (Lipinski definition) is 3. The highest BCUT2D eigenvalue weighted by molar-refractivity contribution is 9.09. The van der Waals surface area contributed by atoms with Crippen LogP contribution in [0.3, 0.4) is 0 Å². The molecular formula is C11H16BrNO3S. The first-order valence-electron chi connectivity index (χ1n) is 5.15. The minimum Gasteiger partial charge on any atom is -0.383 e. The topological polar surface area (TPSA) is 55.4 Å². The predicted octanol–water partition coefficient (Wildman–Crippen LogP) is 1.68. The van der Waals surface area contributed by atoms with Gasteiger partial charge in [-0.15, -0.1) is 0 Å². The minimum atomic E-state index is -3.43. The summed E-state index contributed by atoms with van der Waals surface area (Å²) < 4.78 is 31.2. The van der Waals surface area contributed by atoms with Crippen molar-refractivity contribution in [3.63, 3.8) is 0 Å². The number of hydrogen-bond donors (Lipinski definition) is 1. The van der Waals surface area contributed by atoms with Crippen LogP contribution in [-0.2, 0) is 14.8 Å². The zero-order valence-corrected chi connectivity index (χ0v) is 12.2. The highest BCUT2D eigenvalue weighted by Gasteiger charge is 2.15. The Morgan fingerprint density at radius 2 is 1.94 bits per heavy atom. The lowest BCUT2D eigenvalue weighted by Gasteiger charge is -2.10. The molecule has 0 aliphatic rings. The number of methoxy groups -OCH3 is 1. The molecule has 0 bridgehead atoms. The molecule has 4 nitrogen and oxygen atoms in total. The fraction of sp³-hybridized carbons (Fsp3) is 0.455. The third-order valence-electron chi connectivity index (χ3n) is 2.17. The van der Waals surface area contributed by atoms with E-state index in [1.165, 1.54) is 0 Å². The molecule has 0 aliphatic heterocycles. The number of halogens is 1. The number of sulfonamides is 1. The van der Waals surface area contributed by atoms with E-state index >= 15 is 0 Å². The lowest BCUT2D eigenvalue weighted by molar-refractivity contribution is 0.201. The Balaban J connectivity index is 2.66. The van der Waals surface area contributed by atoms with Gasteiger partial charge in [0.15, 0.2) is 0 Å². The van der Waals surface area contributed by atoms with Crippen LogP contribution in [-0.4, -0.2) is 33.5 Å². The van der Waals surface area contributed by atoms with Crippen LogP contribution in [0.4, 0.5) is 0 Å². The highest BCUT2D eigenvalue weighted by atomic mass is 79.9. The molecule has 0 amide bonds. The van der Waals surface area contributed by atoms with E-state index in [1.54, 1.807) is 31.4 Å². The van der Waals surface area contributed by atoms with Gasteiger partial charge in [0.2, 0.25) is 10.0 Å². The van der Waals surface area contributed by atoms with Crippen LogP contribution in [0.2, 0.25) is 0 Å². The Morgan fingerprint density at radius 3 is 2.47 bits per heavy atom. The number of aryl methyl sites for hydroxylation is 1. The first kappa shape index (κ1) is 14.6. The molecule has 0 saturated heterocycles. The first-order chi connectivity index (χ1) is 7.95. The summed E-state index contributed by atoms with van der Waals surface area (Å²) in [4.78, 5) is 0.243. The van der Waals surface area contributed by atoms with E-state index in [4.69, 9.17) is 4.74 Å². The van der Waals surface area contributed by atoms with Crippen molar-refractivity contribution >= 4 is 26.0 Å². The van der Waals surface area contributed by atoms with E-state index < -0.39 is 10.0 Å². The van der Waals surface area contributed by atoms with Crippen molar-refractivity contribution < 1.29 is 13.2 Å². The molecule has 1 rings (SSSR count). The molecule has 6 heteroatoms. The van der Waals surface area contributed by atoms with Gasteiger partial charge in [0, 0.05) is 13.7 Å². The number of alkyl halides is 1. The van der Waals surface area contributed by atoms with Crippen molar-refractivity contribution in [2.45, 2.75) is 16.6 Å². The Morgan fingerprint density at radius 1 is 1.35 bits per heavy atom. The standard InChI is InChI=1S/C11H16BrNO3S/c1-9-3-5-11(6-4-9)17(14,15)13-7-10(12)8-16-2/h3-6,10,13H,7-8H2,1-2H3. The summed E-state index contributed by atoms with van der Waals surface area (Å²) in [6.45, 7) is 2.66. The smallest absolute Gasteiger partial charge is 0.240 e. The highest BCUT2D eigenvalue weighted by Crippen LogP contribution is 2.10. The summed E-state index contributed by atoms with van der Waals surface area (Å²) in [5, 5.41) is 0. The normalized spacial score (nSPS) is 13.6. The number of rotatable bonds is 6. The molecule has 0 saturated carbocycles. The van der Waals surface area contributed by atoms with Crippen molar-refractivity contribution in [3.05, 3.63) is 29.8 Å². The lowest BCUT2D eigenvalue weighted by atomic mass is 10.2. The lowest BCUT2D eigenvalue weighted by Crippen LogP contribution is -2.31. The van der Waals surface area contributed by atoms with Crippen molar-refractivity contribution in [1.29, 1.82) is 0 Å². The minimum absolute atomic E-state index is 0.0345. The summed E-state index contributed by atoms with van der Waals surface area (Å²) in [6.07, 6.45) is 0. The van der Waals surface area contributed by atoms with E-state index in [9.17, 15) is 8.42 Å². The molecule has 1 N–H and O–H groups in total. The van der Waals surface area contributed by atoms with E-state index in [-0.39, 0.29) is 9.72 Å². The summed E-state index contributed by atoms with van der Waals surface area (Å²) in [5.41, 5.74) is 1.03. The summed E-state index contributed by atoms with van der Waals surface area (Å²) in [7, 11) is -1.85. The Bertz CT molecular complexity index is 444. The fourth-order valence-corrected chi connectivity index (χ4v) is 2.96. The van der Waals surface area contributed by atoms with Gasteiger partial charge in [-0.05, 0) is 19.1 Å². The zero-order chi connectivity index (χ0) is 12.9. The Hall–Kier alpha value is -0.430. The van der Waals surface area contributed by atoms with Crippen LogP contribution in [0.15, 0.2) is 29.2 Å². The molecule has 0 heterocycles. The van der Waals surface area contributed by atoms with Crippen LogP contribution in [0, 0.1) is 6.92 Å². The maximum atomic E-state index is 11.9. The van der Waals surface area contributed by atoms with Gasteiger partial charge in [-0.3, -0.25) is 0 Å². The van der Waals surface area contributed by atoms with Crippen molar-refractivity contribution in [2.75, 3.05) is 20.3 Å². The third kappa shape index (κ3) is 4.75. The second kappa shape index (κ2) is 6.49. The predicted molar refractivity (Wildman–Crippen MR) is 71.0 cm³/mol. The van der Waals surface area contributed by atoms with Gasteiger partial charge in [0.05, 0.1) is 16.3 Å². The second-order valence-corrected chi connectivity index (χ2v) is 6.78. The summed E-state index contributed by atoms with van der Waals surface area (Å²) in [6, 6.07) is 6.74. The van der Waals surface area contributed by atoms with Gasteiger partial charge >= 0.3 is 0 Å². The van der Waals surface area contributed by atoms with E-state index in [1.807, 2.05) is 6.92 Å². The van der Waals surface area contributed by atoms with Crippen LogP contribution in [0.1, 0.15) is 5.56 Å². The van der Waals surface area contributed by atoms with E-state index in [0.717, 1.165) is 5.56 Å². The van der Waals surface area contributed by atoms with Gasteiger partial charge in [-0.2, -0.15) is 0 Å². The van der Waals surface area contributed by atoms with Crippen LogP contribution < -0.4 is 4.72 Å². The molecule has 1 aromatic rings. The Labute approximate surface area is 111 Å². The monoisotopic (exact) mass is 321 g/mol. The molecule has 0 radical (unpaired) electrons. The average Bonchev–Trinajstić information content (AvgIpc) is 2.28. The second-order valence-electron chi connectivity index (χ2n) is 3.72. The molecule has 96 valence electrons. The van der Waals surface area contributed by atoms with E-state index in [0.29, 0.717) is 13.2 Å². The fourth-order valence-electron chi connectivity index (χ4n) is 1.24. The van der Waals surface area contributed by atoms with Gasteiger partial charge in [-0.1, -0.05) is 33.6 Å². The maximum Gasteiger partial charge on any atom is 0.240 e. The maximum absolute atomic E-state index is 11.9. The first-order valence-corrected chi connectivity index (χ1v) is 7.55. The molecule has 0 fully saturated rings. The molecule has 1 atom stereocenters. The number of ether oxygens (including phenoxy) is 1. The summed E-state index contributed by atoms with van der Waals surface area (Å²) in [5.74, 6) is 0. The molecule has 0 aromatic heterocycles. The van der Waals surface area contributed by atoms with Crippen LogP contribution >= 0.6 is 15.9 Å². The molecule has 17 heavy (non-hydrogen) atoms. The van der Waals surface area contributed by atoms with Crippen molar-refractivity contribution in [1.82, 2.24) is 4.72 Å². The summed E-state index contributed by atoms with van der Waals surface area (Å²) >= 11 is 3.32. The SMILES string of the molecule is COCC(Br)CNS(=O)(=O)c1ccc(C)cc1.